The van der Waals surface area contributed by atoms with Crippen molar-refractivity contribution < 1.29 is 39.4 Å². The number of phenolic OH excluding ortho intramolecular Hbond substituents is 2. The first-order valence-electron chi connectivity index (χ1n) is 9.31. The van der Waals surface area contributed by atoms with Crippen molar-refractivity contribution in [1.82, 2.24) is 0 Å². The van der Waals surface area contributed by atoms with Gasteiger partial charge in [0.05, 0.1) is 12.2 Å². The lowest BCUT2D eigenvalue weighted by molar-refractivity contribution is -0.215. The Labute approximate surface area is 169 Å². The number of fused-ring (bicyclic) bond motifs is 4. The number of aliphatic hydroxyl groups is 3. The van der Waals surface area contributed by atoms with Crippen LogP contribution >= 0.6 is 0 Å². The predicted octanol–water partition coefficient (Wildman–Crippen LogP) is 0.786. The summed E-state index contributed by atoms with van der Waals surface area (Å²) in [6.07, 6.45) is -5.81. The zero-order valence-corrected chi connectivity index (χ0v) is 15.4. The van der Waals surface area contributed by atoms with Crippen LogP contribution in [0.15, 0.2) is 45.6 Å². The highest BCUT2D eigenvalue weighted by atomic mass is 16.6. The van der Waals surface area contributed by atoms with Crippen LogP contribution in [-0.4, -0.2) is 56.6 Å². The molecule has 9 heteroatoms. The monoisotopic (exact) mass is 414 g/mol. The van der Waals surface area contributed by atoms with E-state index in [1.807, 2.05) is 0 Å². The average Bonchev–Trinajstić information content (AvgIpc) is 3.09. The molecule has 5 N–H and O–H groups in total. The van der Waals surface area contributed by atoms with Gasteiger partial charge in [-0.15, -0.1) is 0 Å². The van der Waals surface area contributed by atoms with Gasteiger partial charge in [-0.3, -0.25) is 4.79 Å². The van der Waals surface area contributed by atoms with Crippen molar-refractivity contribution in [1.29, 1.82) is 0 Å². The molecule has 5 rings (SSSR count). The molecule has 30 heavy (non-hydrogen) atoms. The van der Waals surface area contributed by atoms with Gasteiger partial charge in [0.1, 0.15) is 58.4 Å². The fourth-order valence-corrected chi connectivity index (χ4v) is 4.04. The Hall–Kier alpha value is -3.11. The van der Waals surface area contributed by atoms with E-state index in [1.54, 1.807) is 12.1 Å². The second-order valence-corrected chi connectivity index (χ2v) is 7.37. The average molecular weight is 414 g/mol. The van der Waals surface area contributed by atoms with Crippen LogP contribution in [0.3, 0.4) is 0 Å². The number of aromatic hydroxyl groups is 2. The molecule has 1 aromatic heterocycles. The van der Waals surface area contributed by atoms with Gasteiger partial charge in [0.25, 0.3) is 0 Å². The highest BCUT2D eigenvalue weighted by molar-refractivity contribution is 5.88. The van der Waals surface area contributed by atoms with E-state index in [-0.39, 0.29) is 33.8 Å². The minimum atomic E-state index is -1.37. The Kier molecular flexibility index (Phi) is 4.23. The Bertz CT molecular complexity index is 1180. The SMILES string of the molecule is O=c1cc(-c2ccc(O)cc2)oc2cc3c(c(O)c12)C1O[C@H](CO)[C@@H](O)[C@H](O)[C@@H]1O3. The van der Waals surface area contributed by atoms with Crippen LogP contribution in [0.1, 0.15) is 11.7 Å². The zero-order chi connectivity index (χ0) is 21.2. The van der Waals surface area contributed by atoms with E-state index in [0.717, 1.165) is 0 Å². The third-order valence-corrected chi connectivity index (χ3v) is 5.56. The summed E-state index contributed by atoms with van der Waals surface area (Å²) >= 11 is 0. The lowest BCUT2D eigenvalue weighted by Gasteiger charge is -2.38. The van der Waals surface area contributed by atoms with Gasteiger partial charge in [-0.25, -0.2) is 0 Å². The first kappa shape index (κ1) is 18.9. The molecule has 2 aliphatic heterocycles. The molecular weight excluding hydrogens is 396 g/mol. The maximum absolute atomic E-state index is 12.8. The highest BCUT2D eigenvalue weighted by Gasteiger charge is 2.52. The van der Waals surface area contributed by atoms with E-state index in [9.17, 15) is 30.3 Å². The molecule has 1 saturated heterocycles. The summed E-state index contributed by atoms with van der Waals surface area (Å²) in [5.41, 5.74) is 0.267. The molecule has 0 amide bonds. The predicted molar refractivity (Wildman–Crippen MR) is 102 cm³/mol. The maximum Gasteiger partial charge on any atom is 0.197 e. The van der Waals surface area contributed by atoms with Gasteiger partial charge in [0.15, 0.2) is 11.5 Å². The van der Waals surface area contributed by atoms with Crippen molar-refractivity contribution in [2.45, 2.75) is 30.5 Å². The summed E-state index contributed by atoms with van der Waals surface area (Å²) in [5, 5.41) is 50.1. The van der Waals surface area contributed by atoms with Crippen molar-refractivity contribution in [3.05, 3.63) is 52.2 Å². The number of hydrogen-bond donors (Lipinski definition) is 5. The minimum Gasteiger partial charge on any atom is -0.508 e. The summed E-state index contributed by atoms with van der Waals surface area (Å²) in [4.78, 5) is 12.8. The van der Waals surface area contributed by atoms with Crippen molar-refractivity contribution in [3.63, 3.8) is 0 Å². The number of hydrogen-bond acceptors (Lipinski definition) is 9. The quantitative estimate of drug-likeness (QED) is 0.410. The van der Waals surface area contributed by atoms with E-state index in [4.69, 9.17) is 13.9 Å². The van der Waals surface area contributed by atoms with Gasteiger partial charge in [-0.1, -0.05) is 0 Å². The van der Waals surface area contributed by atoms with Crippen LogP contribution in [0.25, 0.3) is 22.3 Å². The van der Waals surface area contributed by atoms with Gasteiger partial charge in [-0.2, -0.15) is 0 Å². The van der Waals surface area contributed by atoms with Crippen LogP contribution in [-0.2, 0) is 4.74 Å². The molecular formula is C21H18O9. The first-order valence-corrected chi connectivity index (χ1v) is 9.31. The summed E-state index contributed by atoms with van der Waals surface area (Å²) in [6.45, 7) is -0.538. The summed E-state index contributed by atoms with van der Waals surface area (Å²) < 4.78 is 17.1. The maximum atomic E-state index is 12.8. The number of aliphatic hydroxyl groups excluding tert-OH is 3. The molecule has 0 spiro atoms. The second-order valence-electron chi connectivity index (χ2n) is 7.37. The molecule has 0 bridgehead atoms. The van der Waals surface area contributed by atoms with Gasteiger partial charge < -0.3 is 39.4 Å². The summed E-state index contributed by atoms with van der Waals surface area (Å²) in [6, 6.07) is 8.72. The molecule has 9 nitrogen and oxygen atoms in total. The smallest absolute Gasteiger partial charge is 0.197 e. The molecule has 2 aromatic carbocycles. The topological polar surface area (TPSA) is 150 Å². The van der Waals surface area contributed by atoms with Crippen LogP contribution in [0.5, 0.6) is 17.2 Å². The number of ether oxygens (including phenoxy) is 2. The summed E-state index contributed by atoms with van der Waals surface area (Å²) in [7, 11) is 0. The van der Waals surface area contributed by atoms with E-state index >= 15 is 0 Å². The van der Waals surface area contributed by atoms with Crippen LogP contribution in [0, 0.1) is 0 Å². The Morgan fingerprint density at radius 2 is 1.73 bits per heavy atom. The first-order chi connectivity index (χ1) is 14.4. The van der Waals surface area contributed by atoms with Crippen LogP contribution in [0.2, 0.25) is 0 Å². The van der Waals surface area contributed by atoms with Crippen molar-refractivity contribution in [2.75, 3.05) is 6.61 Å². The number of rotatable bonds is 2. The lowest BCUT2D eigenvalue weighted by atomic mass is 9.92. The molecule has 3 heterocycles. The fraction of sp³-hybridized carbons (Fsp3) is 0.286. The van der Waals surface area contributed by atoms with Crippen LogP contribution < -0.4 is 10.2 Å². The minimum absolute atomic E-state index is 0.0641. The third kappa shape index (κ3) is 2.67. The second kappa shape index (κ2) is 6.71. The Morgan fingerprint density at radius 3 is 2.43 bits per heavy atom. The van der Waals surface area contributed by atoms with E-state index in [2.05, 4.69) is 0 Å². The number of benzene rings is 2. The third-order valence-electron chi connectivity index (χ3n) is 5.56. The van der Waals surface area contributed by atoms with Gasteiger partial charge >= 0.3 is 0 Å². The largest absolute Gasteiger partial charge is 0.508 e. The van der Waals surface area contributed by atoms with E-state index in [0.29, 0.717) is 5.56 Å². The van der Waals surface area contributed by atoms with Crippen LogP contribution in [0.4, 0.5) is 0 Å². The van der Waals surface area contributed by atoms with E-state index in [1.165, 1.54) is 24.3 Å². The molecule has 3 aromatic rings. The van der Waals surface area contributed by atoms with Crippen molar-refractivity contribution in [3.8, 4) is 28.6 Å². The Balaban J connectivity index is 1.65. The summed E-state index contributed by atoms with van der Waals surface area (Å²) in [5.74, 6) is 0.0386. The molecule has 0 radical (unpaired) electrons. The Morgan fingerprint density at radius 1 is 1.00 bits per heavy atom. The van der Waals surface area contributed by atoms with E-state index < -0.39 is 48.3 Å². The fourth-order valence-electron chi connectivity index (χ4n) is 4.04. The standard InChI is InChI=1S/C21H18O9/c22-7-14-17(25)19(27)21-20(30-14)16-13(29-21)6-12-15(18(16)26)10(24)5-11(28-12)8-1-3-9(23)4-2-8/h1-6,14,17,19-23,25-27H,7H2/t14-,17-,19+,20?,21+/m1/s1. The van der Waals surface area contributed by atoms with Gasteiger partial charge in [-0.05, 0) is 24.3 Å². The molecule has 1 unspecified atom stereocenters. The molecule has 2 aliphatic rings. The normalized spacial score (nSPS) is 27.5. The van der Waals surface area contributed by atoms with Crippen molar-refractivity contribution >= 4 is 11.0 Å². The van der Waals surface area contributed by atoms with Gasteiger partial charge in [0.2, 0.25) is 0 Å². The molecule has 156 valence electrons. The molecule has 0 aliphatic carbocycles. The molecule has 5 atom stereocenters. The highest BCUT2D eigenvalue weighted by Crippen LogP contribution is 2.50. The molecule has 1 fully saturated rings. The van der Waals surface area contributed by atoms with Gasteiger partial charge in [0, 0.05) is 17.7 Å². The lowest BCUT2D eigenvalue weighted by Crippen LogP contribution is -2.55. The van der Waals surface area contributed by atoms with Crippen molar-refractivity contribution in [2.24, 2.45) is 0 Å². The number of phenols is 2. The molecule has 0 saturated carbocycles. The zero-order valence-electron chi connectivity index (χ0n) is 15.4.